The molecule has 2 rings (SSSR count). The van der Waals surface area contributed by atoms with Gasteiger partial charge in [0.15, 0.2) is 0 Å². The van der Waals surface area contributed by atoms with Crippen LogP contribution in [0.15, 0.2) is 48.5 Å². The molecule has 0 aliphatic heterocycles. The fourth-order valence-corrected chi connectivity index (χ4v) is 2.73. The molecule has 0 heterocycles. The van der Waals surface area contributed by atoms with Gasteiger partial charge >= 0.3 is 0 Å². The largest absolute Gasteiger partial charge is 0.349 e. The molecule has 0 saturated heterocycles. The highest BCUT2D eigenvalue weighted by Crippen LogP contribution is 2.18. The molecule has 0 fully saturated rings. The number of carbonyl (C=O) groups excluding carboxylic acids is 2. The zero-order valence-corrected chi connectivity index (χ0v) is 15.4. The van der Waals surface area contributed by atoms with Crippen molar-refractivity contribution < 1.29 is 14.0 Å². The first-order valence-electron chi connectivity index (χ1n) is 8.91. The summed E-state index contributed by atoms with van der Waals surface area (Å²) in [6.45, 7) is 5.96. The summed E-state index contributed by atoms with van der Waals surface area (Å²) < 4.78 is 12.9. The predicted molar refractivity (Wildman–Crippen MR) is 101 cm³/mol. The van der Waals surface area contributed by atoms with E-state index < -0.39 is 0 Å². The van der Waals surface area contributed by atoms with Gasteiger partial charge in [0.2, 0.25) is 5.91 Å². The van der Waals surface area contributed by atoms with Gasteiger partial charge in [0, 0.05) is 17.2 Å². The number of nitrogens with one attached hydrogen (secondary N) is 2. The second-order valence-electron chi connectivity index (χ2n) is 6.33. The maximum absolute atomic E-state index is 12.9. The molecule has 0 aliphatic carbocycles. The standard InChI is InChI=1S/C21H25FN2O2/c1-4-15(5-2)20(25)23-14(3)16-8-12-19(13-9-16)24-21(26)17-6-10-18(22)11-7-17/h6-15H,4-5H2,1-3H3,(H,23,25)(H,24,26). The first kappa shape index (κ1) is 19.6. The first-order chi connectivity index (χ1) is 12.4. The van der Waals surface area contributed by atoms with Crippen LogP contribution in [0.2, 0.25) is 0 Å². The van der Waals surface area contributed by atoms with Gasteiger partial charge in [-0.1, -0.05) is 26.0 Å². The summed E-state index contributed by atoms with van der Waals surface area (Å²) >= 11 is 0. The van der Waals surface area contributed by atoms with E-state index in [-0.39, 0.29) is 29.6 Å². The molecule has 138 valence electrons. The van der Waals surface area contributed by atoms with Crippen molar-refractivity contribution in [3.63, 3.8) is 0 Å². The number of rotatable bonds is 7. The second kappa shape index (κ2) is 9.13. The van der Waals surface area contributed by atoms with Gasteiger partial charge in [0.05, 0.1) is 6.04 Å². The number of hydrogen-bond donors (Lipinski definition) is 2. The lowest BCUT2D eigenvalue weighted by molar-refractivity contribution is -0.125. The lowest BCUT2D eigenvalue weighted by Crippen LogP contribution is -2.32. The molecule has 26 heavy (non-hydrogen) atoms. The van der Waals surface area contributed by atoms with Gasteiger partial charge in [-0.2, -0.15) is 0 Å². The minimum Gasteiger partial charge on any atom is -0.349 e. The molecule has 2 amide bonds. The van der Waals surface area contributed by atoms with Gasteiger partial charge in [-0.3, -0.25) is 9.59 Å². The summed E-state index contributed by atoms with van der Waals surface area (Å²) in [5.41, 5.74) is 1.99. The van der Waals surface area contributed by atoms with Crippen LogP contribution in [-0.2, 0) is 4.79 Å². The fourth-order valence-electron chi connectivity index (χ4n) is 2.73. The Hall–Kier alpha value is -2.69. The van der Waals surface area contributed by atoms with Crippen molar-refractivity contribution in [2.75, 3.05) is 5.32 Å². The molecule has 0 bridgehead atoms. The molecule has 0 saturated carbocycles. The molecule has 5 heteroatoms. The Bertz CT molecular complexity index is 738. The molecule has 0 aromatic heterocycles. The van der Waals surface area contributed by atoms with E-state index in [0.29, 0.717) is 11.3 Å². The summed E-state index contributed by atoms with van der Waals surface area (Å²) in [6.07, 6.45) is 1.65. The van der Waals surface area contributed by atoms with E-state index in [1.165, 1.54) is 24.3 Å². The molecule has 2 N–H and O–H groups in total. The van der Waals surface area contributed by atoms with Crippen molar-refractivity contribution >= 4 is 17.5 Å². The van der Waals surface area contributed by atoms with Crippen molar-refractivity contribution in [2.45, 2.75) is 39.7 Å². The van der Waals surface area contributed by atoms with Crippen molar-refractivity contribution in [1.82, 2.24) is 5.32 Å². The number of halogens is 1. The Morgan fingerprint density at radius 2 is 1.54 bits per heavy atom. The van der Waals surface area contributed by atoms with Crippen LogP contribution in [0.5, 0.6) is 0 Å². The highest BCUT2D eigenvalue weighted by atomic mass is 19.1. The second-order valence-corrected chi connectivity index (χ2v) is 6.33. The highest BCUT2D eigenvalue weighted by molar-refractivity contribution is 6.04. The summed E-state index contributed by atoms with van der Waals surface area (Å²) in [5.74, 6) is -0.578. The van der Waals surface area contributed by atoms with Crippen LogP contribution in [-0.4, -0.2) is 11.8 Å². The topological polar surface area (TPSA) is 58.2 Å². The Morgan fingerprint density at radius 1 is 0.962 bits per heavy atom. The maximum atomic E-state index is 12.9. The van der Waals surface area contributed by atoms with E-state index in [1.807, 2.05) is 32.9 Å². The van der Waals surface area contributed by atoms with E-state index >= 15 is 0 Å². The Labute approximate surface area is 153 Å². The third-order valence-corrected chi connectivity index (χ3v) is 4.49. The van der Waals surface area contributed by atoms with Gasteiger partial charge in [0.1, 0.15) is 5.82 Å². The third kappa shape index (κ3) is 5.15. The number of hydrogen-bond acceptors (Lipinski definition) is 2. The van der Waals surface area contributed by atoms with Crippen LogP contribution in [0, 0.1) is 11.7 Å². The molecule has 0 spiro atoms. The normalized spacial score (nSPS) is 11.9. The zero-order valence-electron chi connectivity index (χ0n) is 15.4. The summed E-state index contributed by atoms with van der Waals surface area (Å²) in [6, 6.07) is 12.6. The number of amides is 2. The van der Waals surface area contributed by atoms with Crippen LogP contribution in [0.4, 0.5) is 10.1 Å². The average Bonchev–Trinajstić information content (AvgIpc) is 2.63. The minimum absolute atomic E-state index is 0.0340. The van der Waals surface area contributed by atoms with E-state index in [1.54, 1.807) is 12.1 Å². The number of anilines is 1. The molecular weight excluding hydrogens is 331 g/mol. The van der Waals surface area contributed by atoms with Gasteiger partial charge < -0.3 is 10.6 Å². The lowest BCUT2D eigenvalue weighted by atomic mass is 10.0. The Kier molecular flexibility index (Phi) is 6.89. The molecule has 1 unspecified atom stereocenters. The number of benzene rings is 2. The van der Waals surface area contributed by atoms with Crippen LogP contribution in [0.1, 0.15) is 55.6 Å². The SMILES string of the molecule is CCC(CC)C(=O)NC(C)c1ccc(NC(=O)c2ccc(F)cc2)cc1. The van der Waals surface area contributed by atoms with Crippen molar-refractivity contribution in [3.05, 3.63) is 65.5 Å². The van der Waals surface area contributed by atoms with Gasteiger partial charge in [0.25, 0.3) is 5.91 Å². The fraction of sp³-hybridized carbons (Fsp3) is 0.333. The van der Waals surface area contributed by atoms with Crippen molar-refractivity contribution in [2.24, 2.45) is 5.92 Å². The maximum Gasteiger partial charge on any atom is 0.255 e. The Morgan fingerprint density at radius 3 is 2.08 bits per heavy atom. The average molecular weight is 356 g/mol. The molecule has 4 nitrogen and oxygen atoms in total. The van der Waals surface area contributed by atoms with Crippen LogP contribution < -0.4 is 10.6 Å². The highest BCUT2D eigenvalue weighted by Gasteiger charge is 2.17. The Balaban J connectivity index is 1.98. The molecule has 2 aromatic carbocycles. The lowest BCUT2D eigenvalue weighted by Gasteiger charge is -2.19. The monoisotopic (exact) mass is 356 g/mol. The van der Waals surface area contributed by atoms with Gasteiger partial charge in [-0.25, -0.2) is 4.39 Å². The van der Waals surface area contributed by atoms with E-state index in [2.05, 4.69) is 10.6 Å². The van der Waals surface area contributed by atoms with Crippen molar-refractivity contribution in [1.29, 1.82) is 0 Å². The number of carbonyl (C=O) groups is 2. The van der Waals surface area contributed by atoms with E-state index in [4.69, 9.17) is 0 Å². The van der Waals surface area contributed by atoms with Crippen LogP contribution in [0.25, 0.3) is 0 Å². The van der Waals surface area contributed by atoms with Crippen LogP contribution in [0.3, 0.4) is 0 Å². The minimum atomic E-state index is -0.379. The van der Waals surface area contributed by atoms with Crippen molar-refractivity contribution in [3.8, 4) is 0 Å². The van der Waals surface area contributed by atoms with E-state index in [0.717, 1.165) is 18.4 Å². The molecular formula is C21H25FN2O2. The molecule has 0 radical (unpaired) electrons. The zero-order chi connectivity index (χ0) is 19.1. The summed E-state index contributed by atoms with van der Waals surface area (Å²) in [7, 11) is 0. The quantitative estimate of drug-likeness (QED) is 0.756. The molecule has 1 atom stereocenters. The molecule has 2 aromatic rings. The van der Waals surface area contributed by atoms with Crippen LogP contribution >= 0.6 is 0 Å². The van der Waals surface area contributed by atoms with E-state index in [9.17, 15) is 14.0 Å². The first-order valence-corrected chi connectivity index (χ1v) is 8.91. The summed E-state index contributed by atoms with van der Waals surface area (Å²) in [5, 5.41) is 5.80. The smallest absolute Gasteiger partial charge is 0.255 e. The predicted octanol–water partition coefficient (Wildman–Crippen LogP) is 4.69. The third-order valence-electron chi connectivity index (χ3n) is 4.49. The molecule has 0 aliphatic rings. The van der Waals surface area contributed by atoms with Gasteiger partial charge in [-0.15, -0.1) is 0 Å². The summed E-state index contributed by atoms with van der Waals surface area (Å²) in [4.78, 5) is 24.3. The van der Waals surface area contributed by atoms with Gasteiger partial charge in [-0.05, 0) is 61.7 Å².